The molecular weight excluding hydrogens is 492 g/mol. The van der Waals surface area contributed by atoms with Crippen LogP contribution in [0.1, 0.15) is 23.1 Å². The van der Waals surface area contributed by atoms with E-state index in [1.807, 2.05) is 0 Å². The van der Waals surface area contributed by atoms with Gasteiger partial charge in [0.05, 0.1) is 18.2 Å². The molecule has 1 aromatic heterocycles. The summed E-state index contributed by atoms with van der Waals surface area (Å²) in [7, 11) is 0. The first-order valence-electron chi connectivity index (χ1n) is 10.1. The Kier molecular flexibility index (Phi) is 5.98. The molecule has 2 atom stereocenters. The van der Waals surface area contributed by atoms with E-state index in [0.717, 1.165) is 5.01 Å². The molecule has 2 unspecified atom stereocenters. The van der Waals surface area contributed by atoms with Gasteiger partial charge < -0.3 is 0 Å². The van der Waals surface area contributed by atoms with E-state index in [1.165, 1.54) is 12.4 Å². The smallest absolute Gasteiger partial charge is 0.274 e. The fraction of sp³-hybridized carbons (Fsp3) is 0.381. The third-order valence-corrected chi connectivity index (χ3v) is 5.70. The second-order valence-corrected chi connectivity index (χ2v) is 8.09. The van der Waals surface area contributed by atoms with Gasteiger partial charge in [-0.1, -0.05) is 12.1 Å². The summed E-state index contributed by atoms with van der Waals surface area (Å²) in [5, 5.41) is 0.772. The van der Waals surface area contributed by atoms with Crippen molar-refractivity contribution in [1.82, 2.24) is 15.4 Å². The number of rotatable bonds is 5. The zero-order chi connectivity index (χ0) is 25.8. The lowest BCUT2D eigenvalue weighted by Gasteiger charge is -2.37. The number of pyridine rings is 1. The van der Waals surface area contributed by atoms with E-state index in [1.54, 1.807) is 12.1 Å². The zero-order valence-electron chi connectivity index (χ0n) is 17.5. The van der Waals surface area contributed by atoms with E-state index in [4.69, 9.17) is 0 Å². The summed E-state index contributed by atoms with van der Waals surface area (Å²) < 4.78 is 108. The highest BCUT2D eigenvalue weighted by atomic mass is 19.4. The number of alkyl halides is 8. The number of fused-ring (bicyclic) bond motifs is 1. The topological polar surface area (TPSA) is 65.5 Å². The molecule has 0 bridgehead atoms. The van der Waals surface area contributed by atoms with Crippen LogP contribution in [0.2, 0.25) is 0 Å². The van der Waals surface area contributed by atoms with Crippen molar-refractivity contribution >= 4 is 17.6 Å². The summed E-state index contributed by atoms with van der Waals surface area (Å²) in [6, 6.07) is 3.33. The van der Waals surface area contributed by atoms with Crippen molar-refractivity contribution in [2.45, 2.75) is 43.7 Å². The second-order valence-electron chi connectivity index (χ2n) is 8.09. The van der Waals surface area contributed by atoms with E-state index in [0.29, 0.717) is 22.6 Å². The molecule has 188 valence electrons. The fourth-order valence-electron chi connectivity index (χ4n) is 3.71. The molecule has 2 aliphatic rings. The number of nitrogens with zero attached hydrogens (tertiary/aromatic N) is 3. The average molecular weight is 508 g/mol. The number of imide groups is 1. The number of halogens is 8. The first kappa shape index (κ1) is 24.8. The standard InChI is InChI=1S/C21H16F8N4O2/c22-15-7-14(15)17(34)33-16-4-3-13(19(23,20(24,25)26)21(27,28)29)6-12(16)10-32(18(33)35)31-9-11-2-1-5-30-8-11/h1-6,8,14-15,31H,7,9-10H2. The lowest BCUT2D eigenvalue weighted by molar-refractivity contribution is -0.348. The molecule has 0 radical (unpaired) electrons. The Hall–Kier alpha value is -3.29. The molecule has 3 amide bonds. The molecule has 2 aromatic rings. The summed E-state index contributed by atoms with van der Waals surface area (Å²) in [5.41, 5.74) is -5.01. The number of amides is 3. The van der Waals surface area contributed by atoms with Gasteiger partial charge in [-0.3, -0.25) is 14.8 Å². The first-order valence-corrected chi connectivity index (χ1v) is 10.1. The van der Waals surface area contributed by atoms with Crippen molar-refractivity contribution in [2.75, 3.05) is 4.90 Å². The Labute approximate surface area is 192 Å². The summed E-state index contributed by atoms with van der Waals surface area (Å²) in [6.45, 7) is -0.647. The van der Waals surface area contributed by atoms with Gasteiger partial charge in [-0.15, -0.1) is 0 Å². The number of nitrogens with one attached hydrogen (secondary N) is 1. The molecule has 1 N–H and O–H groups in total. The maximum absolute atomic E-state index is 14.6. The van der Waals surface area contributed by atoms with Gasteiger partial charge in [-0.25, -0.2) is 23.9 Å². The van der Waals surface area contributed by atoms with Gasteiger partial charge in [0.1, 0.15) is 6.17 Å². The number of anilines is 1. The SMILES string of the molecule is O=C(C1CC1F)N1C(=O)N(NCc2cccnc2)Cc2cc(C(F)(C(F)(F)F)C(F)(F)F)ccc21. The van der Waals surface area contributed by atoms with Crippen molar-refractivity contribution in [3.8, 4) is 0 Å². The van der Waals surface area contributed by atoms with Crippen LogP contribution in [0.5, 0.6) is 0 Å². The van der Waals surface area contributed by atoms with Crippen LogP contribution in [0, 0.1) is 5.92 Å². The summed E-state index contributed by atoms with van der Waals surface area (Å²) in [5.74, 6) is -2.20. The number of urea groups is 1. The molecule has 2 heterocycles. The van der Waals surface area contributed by atoms with Crippen molar-refractivity contribution in [2.24, 2.45) is 5.92 Å². The Bertz CT molecular complexity index is 1120. The summed E-state index contributed by atoms with van der Waals surface area (Å²) in [6.07, 6.45) is -11.5. The Balaban J connectivity index is 1.74. The lowest BCUT2D eigenvalue weighted by atomic mass is 9.91. The molecule has 14 heteroatoms. The molecule has 1 aromatic carbocycles. The van der Waals surface area contributed by atoms with Crippen molar-refractivity contribution in [3.63, 3.8) is 0 Å². The fourth-order valence-corrected chi connectivity index (χ4v) is 3.71. The Morgan fingerprint density at radius 1 is 1.09 bits per heavy atom. The average Bonchev–Trinajstić information content (AvgIpc) is 3.52. The van der Waals surface area contributed by atoms with Gasteiger partial charge in [0.25, 0.3) is 0 Å². The van der Waals surface area contributed by atoms with E-state index >= 15 is 0 Å². The molecule has 1 saturated carbocycles. The van der Waals surface area contributed by atoms with Gasteiger partial charge in [0.15, 0.2) is 0 Å². The second kappa shape index (κ2) is 8.43. The van der Waals surface area contributed by atoms with Crippen LogP contribution in [-0.2, 0) is 23.6 Å². The number of hydrazine groups is 1. The number of carbonyl (C=O) groups is 2. The molecule has 1 aliphatic heterocycles. The molecule has 6 nitrogen and oxygen atoms in total. The van der Waals surface area contributed by atoms with Crippen LogP contribution in [0.3, 0.4) is 0 Å². The Morgan fingerprint density at radius 2 is 1.74 bits per heavy atom. The van der Waals surface area contributed by atoms with Gasteiger partial charge in [-0.2, -0.15) is 26.3 Å². The minimum atomic E-state index is -6.34. The highest BCUT2D eigenvalue weighted by Gasteiger charge is 2.73. The minimum Gasteiger partial charge on any atom is -0.274 e. The third-order valence-electron chi connectivity index (χ3n) is 5.70. The highest BCUT2D eigenvalue weighted by Crippen LogP contribution is 2.54. The van der Waals surface area contributed by atoms with Crippen LogP contribution in [0.4, 0.5) is 45.6 Å². The molecule has 1 fully saturated rings. The van der Waals surface area contributed by atoms with E-state index in [9.17, 15) is 44.7 Å². The number of benzene rings is 1. The van der Waals surface area contributed by atoms with Crippen LogP contribution in [-0.4, -0.2) is 40.5 Å². The zero-order valence-corrected chi connectivity index (χ0v) is 17.5. The van der Waals surface area contributed by atoms with Crippen molar-refractivity contribution in [3.05, 3.63) is 59.4 Å². The number of hydrogen-bond donors (Lipinski definition) is 1. The lowest BCUT2D eigenvalue weighted by Crippen LogP contribution is -2.55. The molecule has 4 rings (SSSR count). The maximum Gasteiger partial charge on any atom is 0.435 e. The van der Waals surface area contributed by atoms with Gasteiger partial charge in [-0.05, 0) is 35.7 Å². The largest absolute Gasteiger partial charge is 0.435 e. The van der Waals surface area contributed by atoms with E-state index in [2.05, 4.69) is 10.4 Å². The molecule has 35 heavy (non-hydrogen) atoms. The van der Waals surface area contributed by atoms with Crippen LogP contribution in [0.25, 0.3) is 0 Å². The molecular formula is C21H16F8N4O2. The number of aromatic nitrogens is 1. The van der Waals surface area contributed by atoms with Crippen LogP contribution < -0.4 is 10.3 Å². The Morgan fingerprint density at radius 3 is 2.29 bits per heavy atom. The van der Waals surface area contributed by atoms with Gasteiger partial charge >= 0.3 is 24.1 Å². The normalized spacial score (nSPS) is 20.6. The number of hydrogen-bond acceptors (Lipinski definition) is 4. The minimum absolute atomic E-state index is 0.0516. The quantitative estimate of drug-likeness (QED) is 0.595. The predicted octanol–water partition coefficient (Wildman–Crippen LogP) is 4.70. The third kappa shape index (κ3) is 4.30. The maximum atomic E-state index is 14.6. The van der Waals surface area contributed by atoms with Crippen molar-refractivity contribution in [1.29, 1.82) is 0 Å². The summed E-state index contributed by atoms with van der Waals surface area (Å²) >= 11 is 0. The van der Waals surface area contributed by atoms with Gasteiger partial charge in [0, 0.05) is 24.5 Å². The van der Waals surface area contributed by atoms with Gasteiger partial charge in [0.2, 0.25) is 5.91 Å². The highest BCUT2D eigenvalue weighted by molar-refractivity contribution is 6.17. The predicted molar refractivity (Wildman–Crippen MR) is 104 cm³/mol. The van der Waals surface area contributed by atoms with Crippen molar-refractivity contribution < 1.29 is 44.7 Å². The van der Waals surface area contributed by atoms with E-state index < -0.39 is 54.2 Å². The first-order chi connectivity index (χ1) is 16.3. The van der Waals surface area contributed by atoms with Crippen LogP contribution >= 0.6 is 0 Å². The summed E-state index contributed by atoms with van der Waals surface area (Å²) in [4.78, 5) is 30.1. The molecule has 0 saturated heterocycles. The monoisotopic (exact) mass is 508 g/mol. The number of carbonyl (C=O) groups excluding carboxylic acids is 2. The molecule has 0 spiro atoms. The van der Waals surface area contributed by atoms with Crippen LogP contribution in [0.15, 0.2) is 42.7 Å². The molecule has 1 aliphatic carbocycles. The van der Waals surface area contributed by atoms with E-state index in [-0.39, 0.29) is 30.3 Å².